The Kier molecular flexibility index (Phi) is 8.33. The molecule has 2 aromatic rings. The molecule has 0 saturated carbocycles. The Morgan fingerprint density at radius 3 is 1.37 bits per heavy atom. The van der Waals surface area contributed by atoms with Crippen molar-refractivity contribution in [3.8, 4) is 0 Å². The van der Waals surface area contributed by atoms with Crippen molar-refractivity contribution in [2.24, 2.45) is 0 Å². The topological polar surface area (TPSA) is 117 Å². The third-order valence-corrected chi connectivity index (χ3v) is 3.96. The lowest BCUT2D eigenvalue weighted by Crippen LogP contribution is -2.57. The standard InChI is InChI=1S/C21H24N2O7/c1-3-29-19(26)17(24)22(15-11-7-5-8-12-15)21(28)23(16-13-9-6-10-14-16)18(25)20(27)30-4-2/h5-14,17-18,24-25H,3-4H2,1-2H3. The van der Waals surface area contributed by atoms with Crippen LogP contribution in [-0.2, 0) is 19.1 Å². The number of carbonyl (C=O) groups excluding carboxylic acids is 3. The van der Waals surface area contributed by atoms with Crippen LogP contribution in [0.25, 0.3) is 0 Å². The van der Waals surface area contributed by atoms with Crippen molar-refractivity contribution in [3.63, 3.8) is 0 Å². The van der Waals surface area contributed by atoms with Crippen LogP contribution in [0, 0.1) is 0 Å². The highest BCUT2D eigenvalue weighted by Crippen LogP contribution is 2.24. The average Bonchev–Trinajstić information content (AvgIpc) is 2.76. The molecule has 0 aliphatic rings. The number of rotatable bonds is 8. The van der Waals surface area contributed by atoms with Crippen LogP contribution in [0.3, 0.4) is 0 Å². The molecule has 30 heavy (non-hydrogen) atoms. The highest BCUT2D eigenvalue weighted by molar-refractivity contribution is 6.09. The van der Waals surface area contributed by atoms with Crippen molar-refractivity contribution < 1.29 is 34.1 Å². The molecule has 0 fully saturated rings. The van der Waals surface area contributed by atoms with Crippen LogP contribution in [0.15, 0.2) is 60.7 Å². The maximum Gasteiger partial charge on any atom is 0.356 e. The normalized spacial score (nSPS) is 12.4. The average molecular weight is 416 g/mol. The fourth-order valence-corrected chi connectivity index (χ4v) is 2.65. The molecular formula is C21H24N2O7. The molecule has 160 valence electrons. The molecule has 0 saturated heterocycles. The first-order valence-electron chi connectivity index (χ1n) is 9.34. The highest BCUT2D eigenvalue weighted by Gasteiger charge is 2.39. The Labute approximate surface area is 174 Å². The summed E-state index contributed by atoms with van der Waals surface area (Å²) < 4.78 is 9.67. The minimum absolute atomic E-state index is 0.0133. The summed E-state index contributed by atoms with van der Waals surface area (Å²) in [5.74, 6) is -2.12. The molecule has 0 aromatic heterocycles. The molecule has 0 bridgehead atoms. The van der Waals surface area contributed by atoms with E-state index < -0.39 is 30.4 Å². The summed E-state index contributed by atoms with van der Waals surface area (Å²) in [5, 5.41) is 21.1. The van der Waals surface area contributed by atoms with E-state index in [0.717, 1.165) is 9.80 Å². The van der Waals surface area contributed by atoms with Crippen LogP contribution in [-0.4, -0.2) is 53.9 Å². The van der Waals surface area contributed by atoms with Crippen LogP contribution < -0.4 is 9.80 Å². The Bertz CT molecular complexity index is 775. The van der Waals surface area contributed by atoms with Gasteiger partial charge in [0.1, 0.15) is 0 Å². The molecule has 0 aliphatic heterocycles. The summed E-state index contributed by atoms with van der Waals surface area (Å²) in [6, 6.07) is 14.7. The largest absolute Gasteiger partial charge is 0.463 e. The van der Waals surface area contributed by atoms with Crippen molar-refractivity contribution >= 4 is 29.3 Å². The van der Waals surface area contributed by atoms with Crippen molar-refractivity contribution in [2.45, 2.75) is 26.3 Å². The molecule has 2 amide bonds. The Hall–Kier alpha value is -3.43. The van der Waals surface area contributed by atoms with E-state index in [1.165, 1.54) is 24.3 Å². The quantitative estimate of drug-likeness (QED) is 0.498. The Balaban J connectivity index is 2.53. The van der Waals surface area contributed by atoms with E-state index in [4.69, 9.17) is 9.47 Å². The number of urea groups is 1. The number of aliphatic hydroxyl groups excluding tert-OH is 2. The third kappa shape index (κ3) is 5.34. The predicted octanol–water partition coefficient (Wildman–Crippen LogP) is 1.88. The number of para-hydroxylation sites is 2. The minimum Gasteiger partial charge on any atom is -0.463 e. The van der Waals surface area contributed by atoms with Gasteiger partial charge in [0.05, 0.1) is 13.2 Å². The Morgan fingerprint density at radius 2 is 1.07 bits per heavy atom. The second-order valence-corrected chi connectivity index (χ2v) is 5.95. The zero-order chi connectivity index (χ0) is 22.1. The molecule has 0 spiro atoms. The van der Waals surface area contributed by atoms with Gasteiger partial charge in [0.15, 0.2) is 0 Å². The third-order valence-electron chi connectivity index (χ3n) is 3.96. The zero-order valence-corrected chi connectivity index (χ0v) is 16.7. The van der Waals surface area contributed by atoms with Gasteiger partial charge in [-0.25, -0.2) is 14.4 Å². The number of amides is 2. The maximum atomic E-state index is 13.5. The van der Waals surface area contributed by atoms with E-state index >= 15 is 0 Å². The van der Waals surface area contributed by atoms with Gasteiger partial charge >= 0.3 is 18.0 Å². The summed E-state index contributed by atoms with van der Waals surface area (Å²) in [5.41, 5.74) is 0.306. The monoisotopic (exact) mass is 416 g/mol. The predicted molar refractivity (Wildman–Crippen MR) is 109 cm³/mol. The molecule has 9 heteroatoms. The van der Waals surface area contributed by atoms with Gasteiger partial charge in [0.2, 0.25) is 12.5 Å². The summed E-state index contributed by atoms with van der Waals surface area (Å²) in [6.45, 7) is 3.08. The van der Waals surface area contributed by atoms with Crippen LogP contribution in [0.5, 0.6) is 0 Å². The Morgan fingerprint density at radius 1 is 0.733 bits per heavy atom. The van der Waals surface area contributed by atoms with Gasteiger partial charge < -0.3 is 19.7 Å². The molecular weight excluding hydrogens is 392 g/mol. The first-order chi connectivity index (χ1) is 14.4. The molecule has 0 aliphatic carbocycles. The molecule has 0 heterocycles. The number of hydrogen-bond donors (Lipinski definition) is 2. The highest BCUT2D eigenvalue weighted by atomic mass is 16.6. The maximum absolute atomic E-state index is 13.5. The molecule has 2 N–H and O–H groups in total. The van der Waals surface area contributed by atoms with Gasteiger partial charge in [0, 0.05) is 11.4 Å². The number of nitrogens with zero attached hydrogens (tertiary/aromatic N) is 2. The minimum atomic E-state index is -2.01. The van der Waals surface area contributed by atoms with Crippen molar-refractivity contribution in [3.05, 3.63) is 60.7 Å². The van der Waals surface area contributed by atoms with Gasteiger partial charge in [-0.3, -0.25) is 9.80 Å². The fourth-order valence-electron chi connectivity index (χ4n) is 2.65. The lowest BCUT2D eigenvalue weighted by Gasteiger charge is -2.34. The van der Waals surface area contributed by atoms with Crippen LogP contribution in [0.1, 0.15) is 13.8 Å². The summed E-state index contributed by atoms with van der Waals surface area (Å²) in [6.07, 6.45) is -4.03. The molecule has 9 nitrogen and oxygen atoms in total. The second kappa shape index (κ2) is 10.9. The molecule has 2 atom stereocenters. The molecule has 2 rings (SSSR count). The summed E-state index contributed by atoms with van der Waals surface area (Å²) >= 11 is 0. The first-order valence-corrected chi connectivity index (χ1v) is 9.34. The van der Waals surface area contributed by atoms with Gasteiger partial charge in [-0.2, -0.15) is 0 Å². The number of esters is 2. The van der Waals surface area contributed by atoms with Crippen molar-refractivity contribution in [1.82, 2.24) is 0 Å². The van der Waals surface area contributed by atoms with E-state index in [-0.39, 0.29) is 24.6 Å². The second-order valence-electron chi connectivity index (χ2n) is 5.95. The lowest BCUT2D eigenvalue weighted by molar-refractivity contribution is -0.152. The molecule has 0 radical (unpaired) electrons. The van der Waals surface area contributed by atoms with Gasteiger partial charge in [-0.05, 0) is 38.1 Å². The van der Waals surface area contributed by atoms with E-state index in [1.807, 2.05) is 0 Å². The number of carbonyl (C=O) groups is 3. The smallest absolute Gasteiger partial charge is 0.356 e. The fraction of sp³-hybridized carbons (Fsp3) is 0.286. The van der Waals surface area contributed by atoms with Crippen LogP contribution >= 0.6 is 0 Å². The summed E-state index contributed by atoms with van der Waals surface area (Å²) in [4.78, 5) is 39.3. The zero-order valence-electron chi connectivity index (χ0n) is 16.7. The first kappa shape index (κ1) is 22.9. The number of aliphatic hydroxyl groups is 2. The van der Waals surface area contributed by atoms with Gasteiger partial charge in [-0.15, -0.1) is 0 Å². The molecule has 2 aromatic carbocycles. The van der Waals surface area contributed by atoms with Gasteiger partial charge in [0.25, 0.3) is 0 Å². The van der Waals surface area contributed by atoms with Crippen molar-refractivity contribution in [2.75, 3.05) is 23.0 Å². The number of benzene rings is 2. The summed E-state index contributed by atoms with van der Waals surface area (Å²) in [7, 11) is 0. The van der Waals surface area contributed by atoms with E-state index in [9.17, 15) is 24.6 Å². The van der Waals surface area contributed by atoms with E-state index in [2.05, 4.69) is 0 Å². The number of anilines is 2. The van der Waals surface area contributed by atoms with E-state index in [1.54, 1.807) is 50.2 Å². The van der Waals surface area contributed by atoms with Crippen molar-refractivity contribution in [1.29, 1.82) is 0 Å². The number of hydrogen-bond acceptors (Lipinski definition) is 7. The van der Waals surface area contributed by atoms with Gasteiger partial charge in [-0.1, -0.05) is 36.4 Å². The SMILES string of the molecule is CCOC(=O)C(O)N(C(=O)N(c1ccccc1)C(O)C(=O)OCC)c1ccccc1. The van der Waals surface area contributed by atoms with Crippen LogP contribution in [0.2, 0.25) is 0 Å². The number of ether oxygens (including phenoxy) is 2. The molecule has 2 unspecified atom stereocenters. The van der Waals surface area contributed by atoms with E-state index in [0.29, 0.717) is 0 Å². The lowest BCUT2D eigenvalue weighted by atomic mass is 10.2. The van der Waals surface area contributed by atoms with Crippen LogP contribution in [0.4, 0.5) is 16.2 Å².